The van der Waals surface area contributed by atoms with Crippen LogP contribution in [0.4, 0.5) is 0 Å². The molecule has 0 amide bonds. The molecule has 0 radical (unpaired) electrons. The standard InChI is InChI=1S/C10H15N3O2S2/c1-8(7-13(2)3)12-17(14,15)10-5-4-9(6-11)16-10/h4-5,8,12H,7H2,1-3H3. The van der Waals surface area contributed by atoms with Crippen molar-refractivity contribution in [1.82, 2.24) is 9.62 Å². The minimum Gasteiger partial charge on any atom is -0.308 e. The van der Waals surface area contributed by atoms with E-state index in [-0.39, 0.29) is 10.3 Å². The summed E-state index contributed by atoms with van der Waals surface area (Å²) in [5, 5.41) is 8.66. The van der Waals surface area contributed by atoms with Crippen molar-refractivity contribution in [2.24, 2.45) is 0 Å². The fraction of sp³-hybridized carbons (Fsp3) is 0.500. The molecule has 0 fully saturated rings. The molecule has 0 aliphatic heterocycles. The summed E-state index contributed by atoms with van der Waals surface area (Å²) in [6.07, 6.45) is 0. The van der Waals surface area contributed by atoms with E-state index < -0.39 is 10.0 Å². The second kappa shape index (κ2) is 5.60. The number of likely N-dealkylation sites (N-methyl/N-ethyl adjacent to an activating group) is 1. The third-order valence-electron chi connectivity index (χ3n) is 1.95. The largest absolute Gasteiger partial charge is 0.308 e. The van der Waals surface area contributed by atoms with Crippen LogP contribution < -0.4 is 4.72 Å². The Morgan fingerprint density at radius 2 is 2.18 bits per heavy atom. The van der Waals surface area contributed by atoms with Crippen LogP contribution in [0, 0.1) is 11.3 Å². The molecule has 1 aromatic rings. The molecule has 0 saturated heterocycles. The van der Waals surface area contributed by atoms with Crippen LogP contribution >= 0.6 is 11.3 Å². The second-order valence-electron chi connectivity index (χ2n) is 4.02. The van der Waals surface area contributed by atoms with E-state index in [1.54, 1.807) is 6.92 Å². The molecule has 0 saturated carbocycles. The quantitative estimate of drug-likeness (QED) is 0.863. The van der Waals surface area contributed by atoms with Crippen LogP contribution in [0.25, 0.3) is 0 Å². The number of nitrogens with zero attached hydrogens (tertiary/aromatic N) is 2. The van der Waals surface area contributed by atoms with Gasteiger partial charge >= 0.3 is 0 Å². The van der Waals surface area contributed by atoms with Gasteiger partial charge in [-0.3, -0.25) is 0 Å². The fourth-order valence-corrected chi connectivity index (χ4v) is 3.79. The Morgan fingerprint density at radius 3 is 2.65 bits per heavy atom. The summed E-state index contributed by atoms with van der Waals surface area (Å²) in [5.41, 5.74) is 0. The van der Waals surface area contributed by atoms with Crippen molar-refractivity contribution in [3.8, 4) is 6.07 Å². The number of rotatable bonds is 5. The highest BCUT2D eigenvalue weighted by atomic mass is 32.2. The average molecular weight is 273 g/mol. The third kappa shape index (κ3) is 4.09. The van der Waals surface area contributed by atoms with Crippen molar-refractivity contribution >= 4 is 21.4 Å². The maximum absolute atomic E-state index is 11.9. The zero-order chi connectivity index (χ0) is 13.1. The highest BCUT2D eigenvalue weighted by molar-refractivity contribution is 7.91. The Morgan fingerprint density at radius 1 is 1.53 bits per heavy atom. The lowest BCUT2D eigenvalue weighted by molar-refractivity contribution is 0.370. The van der Waals surface area contributed by atoms with Gasteiger partial charge in [0.05, 0.1) is 0 Å². The zero-order valence-corrected chi connectivity index (χ0v) is 11.6. The summed E-state index contributed by atoms with van der Waals surface area (Å²) < 4.78 is 26.6. The summed E-state index contributed by atoms with van der Waals surface area (Å²) in [6.45, 7) is 2.42. The molecule has 17 heavy (non-hydrogen) atoms. The van der Waals surface area contributed by atoms with E-state index in [0.29, 0.717) is 11.4 Å². The van der Waals surface area contributed by atoms with Crippen molar-refractivity contribution in [3.63, 3.8) is 0 Å². The minimum absolute atomic E-state index is 0.178. The summed E-state index contributed by atoms with van der Waals surface area (Å²) in [7, 11) is 0.254. The Bertz CT molecular complexity index is 514. The summed E-state index contributed by atoms with van der Waals surface area (Å²) in [6, 6.07) is 4.71. The molecule has 94 valence electrons. The van der Waals surface area contributed by atoms with Gasteiger partial charge in [-0.05, 0) is 33.2 Å². The van der Waals surface area contributed by atoms with Gasteiger partial charge in [-0.15, -0.1) is 11.3 Å². The Kier molecular flexibility index (Phi) is 4.65. The normalized spacial score (nSPS) is 13.6. The smallest absolute Gasteiger partial charge is 0.250 e. The van der Waals surface area contributed by atoms with Gasteiger partial charge in [0.15, 0.2) is 0 Å². The lowest BCUT2D eigenvalue weighted by Gasteiger charge is -2.17. The number of hydrogen-bond donors (Lipinski definition) is 1. The molecule has 0 aromatic carbocycles. The maximum Gasteiger partial charge on any atom is 0.250 e. The predicted octanol–water partition coefficient (Wildman–Crippen LogP) is 0.848. The highest BCUT2D eigenvalue weighted by Gasteiger charge is 2.19. The fourth-order valence-electron chi connectivity index (χ4n) is 1.43. The molecule has 1 aromatic heterocycles. The maximum atomic E-state index is 11.9. The number of sulfonamides is 1. The van der Waals surface area contributed by atoms with Crippen LogP contribution in [0.15, 0.2) is 16.3 Å². The molecule has 0 bridgehead atoms. The average Bonchev–Trinajstić information content (AvgIpc) is 2.63. The van der Waals surface area contributed by atoms with Crippen molar-refractivity contribution in [1.29, 1.82) is 5.26 Å². The first-order valence-corrected chi connectivity index (χ1v) is 7.32. The summed E-state index contributed by atoms with van der Waals surface area (Å²) >= 11 is 0.976. The first-order chi connectivity index (χ1) is 7.85. The lowest BCUT2D eigenvalue weighted by Crippen LogP contribution is -2.39. The molecule has 7 heteroatoms. The molecule has 1 atom stereocenters. The summed E-state index contributed by atoms with van der Waals surface area (Å²) in [4.78, 5) is 2.30. The zero-order valence-electron chi connectivity index (χ0n) is 9.97. The van der Waals surface area contributed by atoms with E-state index in [9.17, 15) is 8.42 Å². The lowest BCUT2D eigenvalue weighted by atomic mass is 10.3. The van der Waals surface area contributed by atoms with Gasteiger partial charge in [-0.2, -0.15) is 5.26 Å². The van der Waals surface area contributed by atoms with E-state index in [0.717, 1.165) is 11.3 Å². The molecule has 1 unspecified atom stereocenters. The van der Waals surface area contributed by atoms with Crippen molar-refractivity contribution in [3.05, 3.63) is 17.0 Å². The number of hydrogen-bond acceptors (Lipinski definition) is 5. The molecule has 1 rings (SSSR count). The number of nitriles is 1. The van der Waals surface area contributed by atoms with E-state index in [2.05, 4.69) is 4.72 Å². The molecule has 0 aliphatic rings. The Labute approximate surface area is 106 Å². The van der Waals surface area contributed by atoms with Crippen LogP contribution in [-0.2, 0) is 10.0 Å². The Balaban J connectivity index is 2.79. The van der Waals surface area contributed by atoms with Gasteiger partial charge in [0, 0.05) is 12.6 Å². The summed E-state index contributed by atoms with van der Waals surface area (Å²) in [5.74, 6) is 0. The number of thiophene rings is 1. The molecule has 0 aliphatic carbocycles. The van der Waals surface area contributed by atoms with Crippen LogP contribution in [0.3, 0.4) is 0 Å². The molecule has 0 spiro atoms. The Hall–Kier alpha value is -0.940. The minimum atomic E-state index is -3.50. The molecule has 5 nitrogen and oxygen atoms in total. The van der Waals surface area contributed by atoms with Gasteiger partial charge in [0.25, 0.3) is 0 Å². The molecular formula is C10H15N3O2S2. The van der Waals surface area contributed by atoms with Crippen LogP contribution in [0.5, 0.6) is 0 Å². The highest BCUT2D eigenvalue weighted by Crippen LogP contribution is 2.20. The van der Waals surface area contributed by atoms with Crippen LogP contribution in [-0.4, -0.2) is 40.0 Å². The van der Waals surface area contributed by atoms with E-state index in [4.69, 9.17) is 5.26 Å². The first-order valence-electron chi connectivity index (χ1n) is 5.02. The SMILES string of the molecule is CC(CN(C)C)NS(=O)(=O)c1ccc(C#N)s1. The monoisotopic (exact) mass is 273 g/mol. The molecular weight excluding hydrogens is 258 g/mol. The van der Waals surface area contributed by atoms with E-state index >= 15 is 0 Å². The molecule has 1 N–H and O–H groups in total. The van der Waals surface area contributed by atoms with Gasteiger partial charge in [-0.25, -0.2) is 13.1 Å². The van der Waals surface area contributed by atoms with Gasteiger partial charge in [-0.1, -0.05) is 0 Å². The third-order valence-corrected chi connectivity index (χ3v) is 5.02. The van der Waals surface area contributed by atoms with Gasteiger partial charge < -0.3 is 4.90 Å². The van der Waals surface area contributed by atoms with Crippen LogP contribution in [0.1, 0.15) is 11.8 Å². The predicted molar refractivity (Wildman–Crippen MR) is 67.4 cm³/mol. The van der Waals surface area contributed by atoms with Crippen molar-refractivity contribution < 1.29 is 8.42 Å². The van der Waals surface area contributed by atoms with Crippen LogP contribution in [0.2, 0.25) is 0 Å². The number of nitrogens with one attached hydrogen (secondary N) is 1. The second-order valence-corrected chi connectivity index (χ2v) is 7.04. The van der Waals surface area contributed by atoms with E-state index in [1.807, 2.05) is 25.1 Å². The molecule has 1 heterocycles. The van der Waals surface area contributed by atoms with Crippen molar-refractivity contribution in [2.75, 3.05) is 20.6 Å². The first kappa shape index (κ1) is 14.1. The van der Waals surface area contributed by atoms with Gasteiger partial charge in [0.2, 0.25) is 10.0 Å². The topological polar surface area (TPSA) is 73.2 Å². The van der Waals surface area contributed by atoms with Crippen molar-refractivity contribution in [2.45, 2.75) is 17.2 Å². The van der Waals surface area contributed by atoms with E-state index in [1.165, 1.54) is 12.1 Å². The van der Waals surface area contributed by atoms with Gasteiger partial charge in [0.1, 0.15) is 15.2 Å².